The van der Waals surface area contributed by atoms with E-state index >= 15 is 0 Å². The van der Waals surface area contributed by atoms with E-state index in [9.17, 15) is 0 Å². The summed E-state index contributed by atoms with van der Waals surface area (Å²) in [7, 11) is 0. The monoisotopic (exact) mass is 792 g/mol. The van der Waals surface area contributed by atoms with Crippen LogP contribution in [0.4, 0.5) is 0 Å². The van der Waals surface area contributed by atoms with Crippen molar-refractivity contribution >= 4 is 64.1 Å². The zero-order valence-electron chi connectivity index (χ0n) is 33.1. The van der Waals surface area contributed by atoms with Crippen LogP contribution in [0, 0.1) is 0 Å². The van der Waals surface area contributed by atoms with Gasteiger partial charge < -0.3 is 0 Å². The van der Waals surface area contributed by atoms with Gasteiger partial charge in [0.15, 0.2) is 0 Å². The van der Waals surface area contributed by atoms with Crippen molar-refractivity contribution in [2.75, 3.05) is 0 Å². The first-order valence-corrected chi connectivity index (χ1v) is 21.5. The summed E-state index contributed by atoms with van der Waals surface area (Å²) in [5.74, 6) is 0. The van der Waals surface area contributed by atoms with E-state index in [0.717, 1.165) is 55.3 Å². The zero-order chi connectivity index (χ0) is 40.3. The summed E-state index contributed by atoms with van der Waals surface area (Å²) in [5, 5.41) is 7.18. The summed E-state index contributed by atoms with van der Waals surface area (Å²) >= 11 is 1.87. The van der Waals surface area contributed by atoms with Crippen LogP contribution in [-0.2, 0) is 0 Å². The Morgan fingerprint density at radius 2 is 0.770 bits per heavy atom. The minimum atomic E-state index is 0.846. The van der Waals surface area contributed by atoms with Crippen molar-refractivity contribution in [3.8, 4) is 66.9 Å². The fourth-order valence-electron chi connectivity index (χ4n) is 9.06. The van der Waals surface area contributed by atoms with Gasteiger partial charge in [-0.3, -0.25) is 4.98 Å². The third-order valence-electron chi connectivity index (χ3n) is 12.1. The lowest BCUT2D eigenvalue weighted by atomic mass is 9.93. The number of hydrogen-bond donors (Lipinski definition) is 0. The van der Waals surface area contributed by atoms with Gasteiger partial charge in [-0.15, -0.1) is 11.3 Å². The first-order chi connectivity index (χ1) is 30.2. The Balaban J connectivity index is 0.952. The van der Waals surface area contributed by atoms with Crippen LogP contribution in [0.5, 0.6) is 0 Å². The van der Waals surface area contributed by atoms with Crippen molar-refractivity contribution in [2.24, 2.45) is 0 Å². The lowest BCUT2D eigenvalue weighted by molar-refractivity contribution is 1.31. The van der Waals surface area contributed by atoms with Gasteiger partial charge in [0, 0.05) is 36.5 Å². The first kappa shape index (κ1) is 35.2. The molecule has 10 aromatic carbocycles. The molecule has 0 aliphatic heterocycles. The number of hydrogen-bond acceptors (Lipinski definition) is 3. The molecule has 12 rings (SSSR count). The Kier molecular flexibility index (Phi) is 8.39. The van der Waals surface area contributed by atoms with E-state index in [2.05, 4.69) is 212 Å². The highest BCUT2D eigenvalue weighted by molar-refractivity contribution is 7.26. The number of fused-ring (bicyclic) bond motifs is 9. The zero-order valence-corrected chi connectivity index (χ0v) is 33.9. The Bertz CT molecular complexity index is 3640. The summed E-state index contributed by atoms with van der Waals surface area (Å²) in [6.45, 7) is 0. The summed E-state index contributed by atoms with van der Waals surface area (Å²) in [5.41, 5.74) is 15.5. The highest BCUT2D eigenvalue weighted by Gasteiger charge is 2.16. The standard InChI is InChI=1S/C58H36N2S/c1-3-13-37(14-4-1)43-27-29-48-49-30-28-44(38-15-5-2-6-16-38)35-53(49)57-56(52(48)34-43)59-36-54(60-57)46-22-11-20-42(33-46)40-18-9-17-39(31-40)41-19-10-21-45(32-41)47-24-12-25-51-50-23-7-8-26-55(50)61-58(47)51/h1-36H. The van der Waals surface area contributed by atoms with Gasteiger partial charge in [-0.1, -0.05) is 176 Å². The van der Waals surface area contributed by atoms with E-state index in [0.29, 0.717) is 0 Å². The average Bonchev–Trinajstić information content (AvgIpc) is 3.73. The van der Waals surface area contributed by atoms with Gasteiger partial charge in [0.1, 0.15) is 0 Å². The SMILES string of the molecule is c1ccc(-c2ccc3c4ccc(-c5ccccc5)cc4c4nc(-c5cccc(-c6cccc(-c7cccc(-c8cccc9c8sc8ccccc89)c7)c6)c5)cnc4c3c2)cc1. The molecule has 0 atom stereocenters. The summed E-state index contributed by atoms with van der Waals surface area (Å²) in [6.07, 6.45) is 1.95. The number of nitrogens with zero attached hydrogens (tertiary/aromatic N) is 2. The molecule has 0 aliphatic rings. The molecule has 2 heterocycles. The Morgan fingerprint density at radius 3 is 1.43 bits per heavy atom. The van der Waals surface area contributed by atoms with Crippen LogP contribution in [0.2, 0.25) is 0 Å². The highest BCUT2D eigenvalue weighted by Crippen LogP contribution is 2.42. The summed E-state index contributed by atoms with van der Waals surface area (Å²) < 4.78 is 2.65. The second-order valence-electron chi connectivity index (χ2n) is 15.7. The minimum Gasteiger partial charge on any atom is -0.252 e. The molecule has 2 aromatic heterocycles. The number of thiophene rings is 1. The van der Waals surface area contributed by atoms with E-state index in [1.54, 1.807) is 0 Å². The summed E-state index contributed by atoms with van der Waals surface area (Å²) in [6, 6.07) is 76.6. The van der Waals surface area contributed by atoms with E-state index in [4.69, 9.17) is 9.97 Å². The van der Waals surface area contributed by atoms with Crippen molar-refractivity contribution < 1.29 is 0 Å². The van der Waals surface area contributed by atoms with Crippen LogP contribution >= 0.6 is 11.3 Å². The molecular formula is C58H36N2S. The van der Waals surface area contributed by atoms with Gasteiger partial charge in [-0.2, -0.15) is 0 Å². The maximum atomic E-state index is 5.47. The van der Waals surface area contributed by atoms with Gasteiger partial charge in [0.05, 0.1) is 22.9 Å². The maximum absolute atomic E-state index is 5.47. The van der Waals surface area contributed by atoms with E-state index in [1.807, 2.05) is 17.5 Å². The van der Waals surface area contributed by atoms with Crippen molar-refractivity contribution in [1.29, 1.82) is 0 Å². The number of benzene rings is 10. The third-order valence-corrected chi connectivity index (χ3v) is 13.3. The molecule has 0 saturated heterocycles. The lowest BCUT2D eigenvalue weighted by Gasteiger charge is -2.14. The Hall–Kier alpha value is -7.72. The molecule has 0 aliphatic carbocycles. The average molecular weight is 793 g/mol. The van der Waals surface area contributed by atoms with Crippen LogP contribution < -0.4 is 0 Å². The fraction of sp³-hybridized carbons (Fsp3) is 0. The quantitative estimate of drug-likeness (QED) is 0.157. The van der Waals surface area contributed by atoms with Gasteiger partial charge in [-0.25, -0.2) is 4.98 Å². The van der Waals surface area contributed by atoms with Crippen molar-refractivity contribution in [2.45, 2.75) is 0 Å². The molecule has 61 heavy (non-hydrogen) atoms. The van der Waals surface area contributed by atoms with Crippen LogP contribution in [0.15, 0.2) is 219 Å². The maximum Gasteiger partial charge on any atom is 0.0979 e. The van der Waals surface area contributed by atoms with Crippen LogP contribution in [0.25, 0.3) is 120 Å². The Labute approximate surface area is 357 Å². The largest absolute Gasteiger partial charge is 0.252 e. The molecule has 0 spiro atoms. The van der Waals surface area contributed by atoms with Gasteiger partial charge in [-0.05, 0) is 103 Å². The third kappa shape index (κ3) is 6.18. The Morgan fingerprint density at radius 1 is 0.295 bits per heavy atom. The number of aromatic nitrogens is 2. The van der Waals surface area contributed by atoms with Gasteiger partial charge in [0.2, 0.25) is 0 Å². The molecule has 0 radical (unpaired) electrons. The van der Waals surface area contributed by atoms with Gasteiger partial charge >= 0.3 is 0 Å². The molecule has 0 bridgehead atoms. The van der Waals surface area contributed by atoms with Crippen molar-refractivity contribution in [3.05, 3.63) is 219 Å². The molecule has 0 saturated carbocycles. The van der Waals surface area contributed by atoms with E-state index in [1.165, 1.54) is 64.3 Å². The molecule has 3 heteroatoms. The summed E-state index contributed by atoms with van der Waals surface area (Å²) in [4.78, 5) is 10.7. The molecule has 0 fully saturated rings. The van der Waals surface area contributed by atoms with E-state index < -0.39 is 0 Å². The lowest BCUT2D eigenvalue weighted by Crippen LogP contribution is -1.93. The first-order valence-electron chi connectivity index (χ1n) is 20.7. The fourth-order valence-corrected chi connectivity index (χ4v) is 10.3. The number of rotatable bonds is 6. The molecule has 0 unspecified atom stereocenters. The molecule has 0 N–H and O–H groups in total. The topological polar surface area (TPSA) is 25.8 Å². The smallest absolute Gasteiger partial charge is 0.0979 e. The van der Waals surface area contributed by atoms with E-state index in [-0.39, 0.29) is 0 Å². The van der Waals surface area contributed by atoms with Crippen LogP contribution in [0.3, 0.4) is 0 Å². The van der Waals surface area contributed by atoms with Crippen molar-refractivity contribution in [1.82, 2.24) is 9.97 Å². The van der Waals surface area contributed by atoms with Crippen LogP contribution in [0.1, 0.15) is 0 Å². The molecule has 0 amide bonds. The van der Waals surface area contributed by atoms with Crippen LogP contribution in [-0.4, -0.2) is 9.97 Å². The highest BCUT2D eigenvalue weighted by atomic mass is 32.1. The van der Waals surface area contributed by atoms with Gasteiger partial charge in [0.25, 0.3) is 0 Å². The molecule has 2 nitrogen and oxygen atoms in total. The normalized spacial score (nSPS) is 11.6. The second kappa shape index (κ2) is 14.5. The molecule has 12 aromatic rings. The molecule has 284 valence electrons. The predicted octanol–water partition coefficient (Wildman–Crippen LogP) is 16.3. The second-order valence-corrected chi connectivity index (χ2v) is 16.8. The van der Waals surface area contributed by atoms with Crippen molar-refractivity contribution in [3.63, 3.8) is 0 Å². The molecular weight excluding hydrogens is 757 g/mol. The minimum absolute atomic E-state index is 0.846. The predicted molar refractivity (Wildman–Crippen MR) is 260 cm³/mol.